The van der Waals surface area contributed by atoms with Gasteiger partial charge in [0.05, 0.1) is 19.3 Å². The molecule has 0 spiro atoms. The third kappa shape index (κ3) is 11.5. The maximum absolute atomic E-state index is 5.63. The third-order valence-electron chi connectivity index (χ3n) is 3.42. The summed E-state index contributed by atoms with van der Waals surface area (Å²) in [6, 6.07) is 0. The number of hydrogen-bond donors (Lipinski definition) is 2. The highest BCUT2D eigenvalue weighted by atomic mass is 127. The lowest BCUT2D eigenvalue weighted by molar-refractivity contribution is 0.0191. The highest BCUT2D eigenvalue weighted by Gasteiger charge is 2.14. The van der Waals surface area contributed by atoms with Crippen LogP contribution in [0.3, 0.4) is 0 Å². The quantitative estimate of drug-likeness (QED) is 0.244. The van der Waals surface area contributed by atoms with Crippen molar-refractivity contribution in [3.05, 3.63) is 0 Å². The number of aliphatic imine (C=N–C) groups is 1. The van der Waals surface area contributed by atoms with E-state index in [1.165, 1.54) is 12.8 Å². The van der Waals surface area contributed by atoms with E-state index >= 15 is 0 Å². The Morgan fingerprint density at radius 1 is 1.36 bits per heavy atom. The SMILES string of the molecule is CCNC(=NCCCC(C)C)NCCOCC1CCCO1.I. The number of nitrogens with one attached hydrogen (secondary N) is 2. The fraction of sp³-hybridized carbons (Fsp3) is 0.938. The van der Waals surface area contributed by atoms with Crippen molar-refractivity contribution in [3.63, 3.8) is 0 Å². The molecule has 0 aliphatic carbocycles. The van der Waals surface area contributed by atoms with Gasteiger partial charge in [0.2, 0.25) is 0 Å². The molecule has 1 fully saturated rings. The summed E-state index contributed by atoms with van der Waals surface area (Å²) >= 11 is 0. The molecule has 0 radical (unpaired) electrons. The zero-order valence-corrected chi connectivity index (χ0v) is 16.7. The Hall–Kier alpha value is -0.0800. The molecule has 132 valence electrons. The van der Waals surface area contributed by atoms with E-state index in [9.17, 15) is 0 Å². The molecule has 1 unspecified atom stereocenters. The van der Waals surface area contributed by atoms with Crippen molar-refractivity contribution in [3.8, 4) is 0 Å². The Kier molecular flexibility index (Phi) is 14.5. The van der Waals surface area contributed by atoms with E-state index in [1.54, 1.807) is 0 Å². The highest BCUT2D eigenvalue weighted by molar-refractivity contribution is 14.0. The van der Waals surface area contributed by atoms with Crippen molar-refractivity contribution in [1.29, 1.82) is 0 Å². The van der Waals surface area contributed by atoms with Gasteiger partial charge < -0.3 is 20.1 Å². The summed E-state index contributed by atoms with van der Waals surface area (Å²) in [6.45, 7) is 11.4. The first-order chi connectivity index (χ1) is 10.2. The molecule has 0 aromatic rings. The van der Waals surface area contributed by atoms with Crippen LogP contribution in [0.4, 0.5) is 0 Å². The first-order valence-electron chi connectivity index (χ1n) is 8.44. The van der Waals surface area contributed by atoms with Crippen molar-refractivity contribution in [2.75, 3.05) is 39.5 Å². The van der Waals surface area contributed by atoms with Crippen LogP contribution in [0.15, 0.2) is 4.99 Å². The second-order valence-electron chi connectivity index (χ2n) is 5.93. The molecular weight excluding hydrogens is 393 g/mol. The molecular formula is C16H34IN3O2. The lowest BCUT2D eigenvalue weighted by Crippen LogP contribution is -2.39. The van der Waals surface area contributed by atoms with Crippen LogP contribution in [0.1, 0.15) is 46.5 Å². The largest absolute Gasteiger partial charge is 0.377 e. The van der Waals surface area contributed by atoms with Crippen molar-refractivity contribution in [1.82, 2.24) is 10.6 Å². The van der Waals surface area contributed by atoms with Gasteiger partial charge in [-0.1, -0.05) is 13.8 Å². The fourth-order valence-electron chi connectivity index (χ4n) is 2.26. The van der Waals surface area contributed by atoms with Crippen molar-refractivity contribution >= 4 is 29.9 Å². The van der Waals surface area contributed by atoms with Gasteiger partial charge in [-0.15, -0.1) is 24.0 Å². The second-order valence-corrected chi connectivity index (χ2v) is 5.93. The van der Waals surface area contributed by atoms with Crippen LogP contribution in [0.2, 0.25) is 0 Å². The molecule has 0 amide bonds. The van der Waals surface area contributed by atoms with E-state index in [0.29, 0.717) is 19.3 Å². The maximum Gasteiger partial charge on any atom is 0.191 e. The summed E-state index contributed by atoms with van der Waals surface area (Å²) in [5.41, 5.74) is 0. The highest BCUT2D eigenvalue weighted by Crippen LogP contribution is 2.11. The molecule has 1 heterocycles. The van der Waals surface area contributed by atoms with Crippen LogP contribution in [0.25, 0.3) is 0 Å². The number of rotatable bonds is 10. The molecule has 5 nitrogen and oxygen atoms in total. The summed E-state index contributed by atoms with van der Waals surface area (Å²) in [5, 5.41) is 6.57. The number of nitrogens with zero attached hydrogens (tertiary/aromatic N) is 1. The predicted octanol–water partition coefficient (Wildman–Crippen LogP) is 2.79. The van der Waals surface area contributed by atoms with E-state index < -0.39 is 0 Å². The molecule has 1 rings (SSSR count). The first-order valence-corrected chi connectivity index (χ1v) is 8.44. The summed E-state index contributed by atoms with van der Waals surface area (Å²) in [7, 11) is 0. The molecule has 1 atom stereocenters. The van der Waals surface area contributed by atoms with E-state index in [4.69, 9.17) is 9.47 Å². The Bertz CT molecular complexity index is 283. The molecule has 1 aliphatic heterocycles. The molecule has 22 heavy (non-hydrogen) atoms. The van der Waals surface area contributed by atoms with E-state index in [1.807, 2.05) is 0 Å². The molecule has 0 saturated carbocycles. The molecule has 0 aromatic heterocycles. The second kappa shape index (κ2) is 14.5. The average Bonchev–Trinajstić information content (AvgIpc) is 2.96. The van der Waals surface area contributed by atoms with Crippen molar-refractivity contribution < 1.29 is 9.47 Å². The fourth-order valence-corrected chi connectivity index (χ4v) is 2.26. The molecule has 1 aliphatic rings. The topological polar surface area (TPSA) is 54.9 Å². The zero-order valence-electron chi connectivity index (χ0n) is 14.4. The third-order valence-corrected chi connectivity index (χ3v) is 3.42. The molecule has 6 heteroatoms. The van der Waals surface area contributed by atoms with Gasteiger partial charge in [-0.3, -0.25) is 4.99 Å². The van der Waals surface area contributed by atoms with Crippen LogP contribution >= 0.6 is 24.0 Å². The van der Waals surface area contributed by atoms with Crippen LogP contribution in [-0.4, -0.2) is 51.5 Å². The van der Waals surface area contributed by atoms with Gasteiger partial charge in [0, 0.05) is 26.2 Å². The Morgan fingerprint density at radius 3 is 2.82 bits per heavy atom. The van der Waals surface area contributed by atoms with Gasteiger partial charge in [-0.25, -0.2) is 0 Å². The number of hydrogen-bond acceptors (Lipinski definition) is 3. The Morgan fingerprint density at radius 2 is 2.18 bits per heavy atom. The van der Waals surface area contributed by atoms with E-state index in [0.717, 1.165) is 51.0 Å². The molecule has 0 bridgehead atoms. The standard InChI is InChI=1S/C16H33N3O2.HI/c1-4-17-16(18-9-5-7-14(2)3)19-10-12-20-13-15-8-6-11-21-15;/h14-15H,4-13H2,1-3H3,(H2,17,18,19);1H. The minimum atomic E-state index is 0. The van der Waals surface area contributed by atoms with Gasteiger partial charge in [0.1, 0.15) is 0 Å². The van der Waals surface area contributed by atoms with Crippen LogP contribution in [0.5, 0.6) is 0 Å². The van der Waals surface area contributed by atoms with Gasteiger partial charge in [-0.05, 0) is 38.5 Å². The van der Waals surface area contributed by atoms with E-state index in [-0.39, 0.29) is 24.0 Å². The minimum Gasteiger partial charge on any atom is -0.377 e. The summed E-state index contributed by atoms with van der Waals surface area (Å²) in [4.78, 5) is 4.57. The van der Waals surface area contributed by atoms with Crippen molar-refractivity contribution in [2.24, 2.45) is 10.9 Å². The predicted molar refractivity (Wildman–Crippen MR) is 103 cm³/mol. The van der Waals surface area contributed by atoms with Gasteiger partial charge in [0.25, 0.3) is 0 Å². The molecule has 1 saturated heterocycles. The van der Waals surface area contributed by atoms with E-state index in [2.05, 4.69) is 36.4 Å². The monoisotopic (exact) mass is 427 g/mol. The Balaban J connectivity index is 0.00000441. The molecule has 0 aromatic carbocycles. The molecule has 2 N–H and O–H groups in total. The number of guanidine groups is 1. The van der Waals surface area contributed by atoms with Crippen LogP contribution in [-0.2, 0) is 9.47 Å². The summed E-state index contributed by atoms with van der Waals surface area (Å²) in [5.74, 6) is 1.64. The van der Waals surface area contributed by atoms with Crippen LogP contribution in [0, 0.1) is 5.92 Å². The number of halogens is 1. The first kappa shape index (κ1) is 21.9. The van der Waals surface area contributed by atoms with Crippen molar-refractivity contribution in [2.45, 2.75) is 52.6 Å². The average molecular weight is 427 g/mol. The van der Waals surface area contributed by atoms with Crippen LogP contribution < -0.4 is 10.6 Å². The maximum atomic E-state index is 5.63. The Labute approximate surface area is 153 Å². The van der Waals surface area contributed by atoms with Gasteiger partial charge in [-0.2, -0.15) is 0 Å². The summed E-state index contributed by atoms with van der Waals surface area (Å²) in [6.07, 6.45) is 4.98. The van der Waals surface area contributed by atoms with Gasteiger partial charge in [0.15, 0.2) is 5.96 Å². The summed E-state index contributed by atoms with van der Waals surface area (Å²) < 4.78 is 11.2. The minimum absolute atomic E-state index is 0. The zero-order chi connectivity index (χ0) is 15.3. The lowest BCUT2D eigenvalue weighted by Gasteiger charge is -2.13. The van der Waals surface area contributed by atoms with Gasteiger partial charge >= 0.3 is 0 Å². The lowest BCUT2D eigenvalue weighted by atomic mass is 10.1. The number of ether oxygens (including phenoxy) is 2. The smallest absolute Gasteiger partial charge is 0.191 e. The normalized spacial score (nSPS) is 18.4.